The molecule has 0 bridgehead atoms. The molecule has 0 spiro atoms. The average Bonchev–Trinajstić information content (AvgIpc) is 3.93. The number of nitrogens with zero attached hydrogens (tertiary/aromatic N) is 7. The largest absolute Gasteiger partial charge is 0.494 e. The van der Waals surface area contributed by atoms with Crippen molar-refractivity contribution in [3.8, 4) is 45.3 Å². The lowest BCUT2D eigenvalue weighted by Gasteiger charge is -2.39. The van der Waals surface area contributed by atoms with Crippen LogP contribution in [0.4, 0.5) is 11.4 Å². The molecule has 14 heteroatoms. The molecule has 5 heterocycles. The van der Waals surface area contributed by atoms with E-state index in [1.807, 2.05) is 12.1 Å². The molecular formula is C54H63N7O7. The minimum atomic E-state index is -1.49. The van der Waals surface area contributed by atoms with Crippen LogP contribution in [-0.4, -0.2) is 161 Å². The van der Waals surface area contributed by atoms with Gasteiger partial charge in [0.2, 0.25) is 0 Å². The number of aliphatic hydroxyl groups excluding tert-OH is 4. The van der Waals surface area contributed by atoms with Crippen molar-refractivity contribution in [3.05, 3.63) is 115 Å². The van der Waals surface area contributed by atoms with Gasteiger partial charge in [0.05, 0.1) is 31.2 Å². The predicted octanol–water partition coefficient (Wildman–Crippen LogP) is 6.09. The van der Waals surface area contributed by atoms with Crippen molar-refractivity contribution in [2.24, 2.45) is 0 Å². The van der Waals surface area contributed by atoms with E-state index in [2.05, 4.69) is 153 Å². The van der Waals surface area contributed by atoms with Crippen LogP contribution in [0.5, 0.6) is 5.75 Å². The van der Waals surface area contributed by atoms with Crippen LogP contribution in [0.1, 0.15) is 13.3 Å². The van der Waals surface area contributed by atoms with Gasteiger partial charge in [-0.3, -0.25) is 4.57 Å². The first-order valence-corrected chi connectivity index (χ1v) is 24.1. The Bertz CT molecular complexity index is 2790. The third-order valence-electron chi connectivity index (χ3n) is 14.0. The van der Waals surface area contributed by atoms with E-state index in [1.165, 1.54) is 33.2 Å². The van der Waals surface area contributed by atoms with Crippen molar-refractivity contribution in [3.63, 3.8) is 0 Å². The summed E-state index contributed by atoms with van der Waals surface area (Å²) in [5, 5.41) is 42.6. The first-order chi connectivity index (χ1) is 33.2. The first-order valence-electron chi connectivity index (χ1n) is 24.1. The molecule has 3 aliphatic heterocycles. The van der Waals surface area contributed by atoms with Crippen molar-refractivity contribution in [1.82, 2.24) is 23.9 Å². The lowest BCUT2D eigenvalue weighted by Crippen LogP contribution is -2.59. The molecule has 0 saturated carbocycles. The summed E-state index contributed by atoms with van der Waals surface area (Å²) in [4.78, 5) is 15.3. The Morgan fingerprint density at radius 3 is 1.84 bits per heavy atom. The summed E-state index contributed by atoms with van der Waals surface area (Å²) < 4.78 is 22.1. The highest BCUT2D eigenvalue weighted by Gasteiger charge is 2.44. The van der Waals surface area contributed by atoms with Gasteiger partial charge in [0, 0.05) is 121 Å². The van der Waals surface area contributed by atoms with Crippen molar-refractivity contribution < 1.29 is 34.6 Å². The highest BCUT2D eigenvalue weighted by atomic mass is 16.7. The zero-order chi connectivity index (χ0) is 46.9. The molecule has 0 aliphatic carbocycles. The van der Waals surface area contributed by atoms with E-state index in [4.69, 9.17) is 19.2 Å². The van der Waals surface area contributed by atoms with E-state index in [0.717, 1.165) is 98.5 Å². The van der Waals surface area contributed by atoms with Gasteiger partial charge < -0.3 is 58.8 Å². The van der Waals surface area contributed by atoms with E-state index in [-0.39, 0.29) is 6.61 Å². The van der Waals surface area contributed by atoms with Gasteiger partial charge in [0.15, 0.2) is 6.29 Å². The Hall–Kier alpha value is -5.81. The van der Waals surface area contributed by atoms with Crippen LogP contribution in [0.15, 0.2) is 115 Å². The van der Waals surface area contributed by atoms with Crippen molar-refractivity contribution in [2.75, 3.05) is 96.1 Å². The van der Waals surface area contributed by atoms with E-state index in [9.17, 15) is 20.4 Å². The second-order valence-electron chi connectivity index (χ2n) is 18.4. The summed E-state index contributed by atoms with van der Waals surface area (Å²) in [6.07, 6.45) is -6.13. The van der Waals surface area contributed by atoms with Crippen LogP contribution in [0, 0.1) is 0 Å². The predicted molar refractivity (Wildman–Crippen MR) is 268 cm³/mol. The van der Waals surface area contributed by atoms with Crippen molar-refractivity contribution in [1.29, 1.82) is 0 Å². The summed E-state index contributed by atoms with van der Waals surface area (Å²) >= 11 is 0. The van der Waals surface area contributed by atoms with Crippen LogP contribution in [0.25, 0.3) is 61.4 Å². The number of likely N-dealkylation sites (N-methyl/N-ethyl adjacent to an activating group) is 2. The molecule has 2 aromatic heterocycles. The Labute approximate surface area is 397 Å². The Kier molecular flexibility index (Phi) is 13.5. The van der Waals surface area contributed by atoms with Gasteiger partial charge in [0.25, 0.3) is 0 Å². The van der Waals surface area contributed by atoms with Gasteiger partial charge in [-0.25, -0.2) is 4.98 Å². The number of aryl methyl sites for hydroxylation is 1. The molecule has 356 valence electrons. The zero-order valence-electron chi connectivity index (χ0n) is 39.2. The maximum Gasteiger partial charge on any atom is 0.186 e. The quantitative estimate of drug-likeness (QED) is 0.0938. The van der Waals surface area contributed by atoms with Crippen LogP contribution in [0.3, 0.4) is 0 Å². The number of aliphatic hydroxyl groups is 4. The molecule has 14 nitrogen and oxygen atoms in total. The normalized spacial score (nSPS) is 21.8. The highest BCUT2D eigenvalue weighted by Crippen LogP contribution is 2.42. The number of benzene rings is 5. The SMILES string of the molecule is CCn1c2ccccc2c2cc(-c3nc(-c4ccc(N5CCN(C)CC5)cc4)c(-c4ccc(N5CCN(C)CC5)cc4)n3-c3ccc(OCCCO[C@@H]4O[C@H](CO)[C@@H](O)[C@H](O)[C@H]4O)cc3)ccc21. The number of piperazine rings is 2. The van der Waals surface area contributed by atoms with Crippen LogP contribution >= 0.6 is 0 Å². The number of rotatable bonds is 14. The maximum absolute atomic E-state index is 10.4. The van der Waals surface area contributed by atoms with Crippen molar-refractivity contribution >= 4 is 33.2 Å². The lowest BCUT2D eigenvalue weighted by molar-refractivity contribution is -0.301. The molecule has 0 amide bonds. The van der Waals surface area contributed by atoms with E-state index in [1.54, 1.807) is 0 Å². The molecule has 68 heavy (non-hydrogen) atoms. The number of ether oxygens (including phenoxy) is 3. The van der Waals surface area contributed by atoms with Gasteiger partial charge in [-0.05, 0) is 93.8 Å². The molecule has 5 atom stereocenters. The fraction of sp³-hybridized carbons (Fsp3) is 0.389. The Balaban J connectivity index is 1.02. The number of para-hydroxylation sites is 1. The number of aromatic nitrogens is 3. The second kappa shape index (κ2) is 20.0. The second-order valence-corrected chi connectivity index (χ2v) is 18.4. The van der Waals surface area contributed by atoms with Crippen LogP contribution < -0.4 is 14.5 Å². The summed E-state index contributed by atoms with van der Waals surface area (Å²) in [5.41, 5.74) is 10.8. The maximum atomic E-state index is 10.4. The fourth-order valence-corrected chi connectivity index (χ4v) is 10.0. The topological polar surface area (TPSA) is 144 Å². The molecule has 3 aliphatic rings. The molecule has 10 rings (SSSR count). The minimum Gasteiger partial charge on any atom is -0.494 e. The molecule has 4 N–H and O–H groups in total. The summed E-state index contributed by atoms with van der Waals surface area (Å²) in [7, 11) is 4.37. The molecular weight excluding hydrogens is 859 g/mol. The van der Waals surface area contributed by atoms with Gasteiger partial charge in [0.1, 0.15) is 36.0 Å². The molecule has 7 aromatic rings. The van der Waals surface area contributed by atoms with Gasteiger partial charge in [-0.2, -0.15) is 0 Å². The number of fused-ring (bicyclic) bond motifs is 3. The molecule has 0 radical (unpaired) electrons. The Morgan fingerprint density at radius 1 is 0.618 bits per heavy atom. The Morgan fingerprint density at radius 2 is 1.21 bits per heavy atom. The third-order valence-corrected chi connectivity index (χ3v) is 14.0. The smallest absolute Gasteiger partial charge is 0.186 e. The van der Waals surface area contributed by atoms with Crippen LogP contribution in [-0.2, 0) is 16.0 Å². The summed E-state index contributed by atoms with van der Waals surface area (Å²) in [5.74, 6) is 1.50. The standard InChI is InChI=1S/C54H63N7O7/c1-4-60-45-9-6-5-8-43(45)44-34-38(14-23-46(44)60)53-55-48(36-10-15-39(16-11-36)58-28-24-56(2)25-29-58)49(37-12-17-40(18-13-37)59-30-26-57(3)27-31-59)61(53)41-19-21-42(22-20-41)66-32-7-33-67-54-52(65)51(64)50(63)47(35-62)68-54/h5-6,8-23,34,47,50-52,54,62-65H,4,7,24-33,35H2,1-3H3/t47-,50-,51+,52-,54-/m1/s1. The monoisotopic (exact) mass is 921 g/mol. The molecule has 3 fully saturated rings. The van der Waals surface area contributed by atoms with E-state index < -0.39 is 37.3 Å². The fourth-order valence-electron chi connectivity index (χ4n) is 10.0. The number of hydrogen-bond acceptors (Lipinski definition) is 12. The molecule has 5 aromatic carbocycles. The molecule has 0 unspecified atom stereocenters. The average molecular weight is 922 g/mol. The van der Waals surface area contributed by atoms with Crippen LogP contribution in [0.2, 0.25) is 0 Å². The van der Waals surface area contributed by atoms with Crippen molar-refractivity contribution in [2.45, 2.75) is 50.6 Å². The lowest BCUT2D eigenvalue weighted by atomic mass is 9.99. The number of anilines is 2. The van der Waals surface area contributed by atoms with Gasteiger partial charge in [-0.1, -0.05) is 42.5 Å². The van der Waals surface area contributed by atoms with E-state index >= 15 is 0 Å². The third kappa shape index (κ3) is 9.10. The zero-order valence-corrected chi connectivity index (χ0v) is 39.2. The molecule has 3 saturated heterocycles. The highest BCUT2D eigenvalue weighted by molar-refractivity contribution is 6.09. The first kappa shape index (κ1) is 45.9. The number of hydrogen-bond donors (Lipinski definition) is 4. The number of imidazole rings is 1. The summed E-state index contributed by atoms with van der Waals surface area (Å²) in [6.45, 7) is 11.1. The van der Waals surface area contributed by atoms with Gasteiger partial charge >= 0.3 is 0 Å². The van der Waals surface area contributed by atoms with Gasteiger partial charge in [-0.15, -0.1) is 0 Å². The summed E-state index contributed by atoms with van der Waals surface area (Å²) in [6, 6.07) is 41.4. The van der Waals surface area contributed by atoms with E-state index in [0.29, 0.717) is 18.8 Å². The minimum absolute atomic E-state index is 0.163.